The Hall–Kier alpha value is -0.0800. The number of hydrogen-bond donors (Lipinski definition) is 1. The minimum atomic E-state index is 0.747. The summed E-state index contributed by atoms with van der Waals surface area (Å²) in [5.41, 5.74) is 0. The van der Waals surface area contributed by atoms with E-state index in [0.717, 1.165) is 24.2 Å². The van der Waals surface area contributed by atoms with Crippen LogP contribution in [0.15, 0.2) is 0 Å². The van der Waals surface area contributed by atoms with Gasteiger partial charge in [0.25, 0.3) is 0 Å². The molecule has 0 aromatic heterocycles. The van der Waals surface area contributed by atoms with Gasteiger partial charge in [-0.25, -0.2) is 0 Å². The molecule has 4 unspecified atom stereocenters. The van der Waals surface area contributed by atoms with E-state index in [1.165, 1.54) is 64.3 Å². The molecule has 0 aromatic carbocycles. The predicted molar refractivity (Wildman–Crippen MR) is 83.6 cm³/mol. The van der Waals surface area contributed by atoms with Crippen LogP contribution < -0.4 is 5.32 Å². The summed E-state index contributed by atoms with van der Waals surface area (Å²) < 4.78 is 0. The third-order valence-electron chi connectivity index (χ3n) is 5.34. The monoisotopic (exact) mass is 266 g/mol. The molecule has 0 amide bonds. The fraction of sp³-hybridized carbons (Fsp3) is 1.00. The maximum Gasteiger partial charge on any atom is 0.0255 e. The summed E-state index contributed by atoms with van der Waals surface area (Å²) in [7, 11) is 0. The van der Waals surface area contributed by atoms with Gasteiger partial charge in [-0.3, -0.25) is 4.90 Å². The molecule has 1 saturated heterocycles. The molecule has 2 nitrogen and oxygen atoms in total. The average molecular weight is 266 g/mol. The van der Waals surface area contributed by atoms with E-state index in [9.17, 15) is 0 Å². The molecule has 112 valence electrons. The van der Waals surface area contributed by atoms with Crippen LogP contribution in [0.25, 0.3) is 0 Å². The van der Waals surface area contributed by atoms with Crippen molar-refractivity contribution in [3.8, 4) is 0 Å². The molecular weight excluding hydrogens is 232 g/mol. The van der Waals surface area contributed by atoms with Crippen molar-refractivity contribution in [3.05, 3.63) is 0 Å². The highest BCUT2D eigenvalue weighted by Crippen LogP contribution is 2.33. The van der Waals surface area contributed by atoms with Gasteiger partial charge in [0.15, 0.2) is 0 Å². The van der Waals surface area contributed by atoms with Crippen molar-refractivity contribution in [2.45, 2.75) is 103 Å². The first-order valence-corrected chi connectivity index (χ1v) is 8.78. The molecule has 0 radical (unpaired) electrons. The Morgan fingerprint density at radius 2 is 1.79 bits per heavy atom. The van der Waals surface area contributed by atoms with Crippen molar-refractivity contribution < 1.29 is 0 Å². The van der Waals surface area contributed by atoms with Crippen molar-refractivity contribution >= 4 is 0 Å². The Labute approximate surface area is 120 Å². The van der Waals surface area contributed by atoms with Crippen LogP contribution in [0, 0.1) is 0 Å². The molecule has 0 bridgehead atoms. The van der Waals surface area contributed by atoms with Crippen LogP contribution in [0.3, 0.4) is 0 Å². The first-order chi connectivity index (χ1) is 9.27. The first kappa shape index (κ1) is 15.3. The van der Waals surface area contributed by atoms with Gasteiger partial charge in [-0.15, -0.1) is 0 Å². The van der Waals surface area contributed by atoms with Crippen LogP contribution in [-0.2, 0) is 0 Å². The van der Waals surface area contributed by atoms with Crippen LogP contribution in [-0.4, -0.2) is 35.6 Å². The van der Waals surface area contributed by atoms with Crippen LogP contribution in [0.5, 0.6) is 0 Å². The normalized spacial score (nSPS) is 37.4. The van der Waals surface area contributed by atoms with Crippen molar-refractivity contribution in [3.63, 3.8) is 0 Å². The van der Waals surface area contributed by atoms with Gasteiger partial charge in [0.05, 0.1) is 0 Å². The number of nitrogens with one attached hydrogen (secondary N) is 1. The highest BCUT2D eigenvalue weighted by Gasteiger charge is 2.38. The van der Waals surface area contributed by atoms with Gasteiger partial charge in [-0.1, -0.05) is 33.1 Å². The van der Waals surface area contributed by atoms with Crippen LogP contribution in [0.2, 0.25) is 0 Å². The van der Waals surface area contributed by atoms with E-state index < -0.39 is 0 Å². The molecule has 0 aromatic rings. The van der Waals surface area contributed by atoms with Gasteiger partial charge < -0.3 is 5.32 Å². The molecule has 1 saturated carbocycles. The summed E-state index contributed by atoms with van der Waals surface area (Å²) in [6.45, 7) is 8.31. The van der Waals surface area contributed by atoms with Gasteiger partial charge >= 0.3 is 0 Å². The zero-order valence-corrected chi connectivity index (χ0v) is 13.3. The smallest absolute Gasteiger partial charge is 0.0255 e. The number of rotatable bonds is 5. The second kappa shape index (κ2) is 7.64. The highest BCUT2D eigenvalue weighted by molar-refractivity contribution is 4.95. The minimum absolute atomic E-state index is 0.747. The van der Waals surface area contributed by atoms with Crippen LogP contribution >= 0.6 is 0 Å². The van der Waals surface area contributed by atoms with Gasteiger partial charge in [0.2, 0.25) is 0 Å². The lowest BCUT2D eigenvalue weighted by Crippen LogP contribution is -2.53. The fourth-order valence-corrected chi connectivity index (χ4v) is 4.32. The number of nitrogens with zero attached hydrogens (tertiary/aromatic N) is 1. The number of hydrogen-bond acceptors (Lipinski definition) is 2. The Morgan fingerprint density at radius 3 is 2.53 bits per heavy atom. The van der Waals surface area contributed by atoms with Gasteiger partial charge in [0.1, 0.15) is 0 Å². The molecule has 1 aliphatic carbocycles. The van der Waals surface area contributed by atoms with E-state index in [4.69, 9.17) is 0 Å². The van der Waals surface area contributed by atoms with E-state index in [2.05, 4.69) is 31.0 Å². The summed E-state index contributed by atoms with van der Waals surface area (Å²) in [6.07, 6.45) is 12.6. The molecule has 1 heterocycles. The standard InChI is InChI=1S/C17H34N2/c1-4-13-18-16-9-7-6-8-10-17(16)19-14(3)11-12-15(19)5-2/h14-18H,4-13H2,1-3H3. The molecule has 1 aliphatic heterocycles. The maximum atomic E-state index is 3.86. The van der Waals surface area contributed by atoms with E-state index in [1.807, 2.05) is 0 Å². The summed E-state index contributed by atoms with van der Waals surface area (Å²) >= 11 is 0. The van der Waals surface area contributed by atoms with E-state index >= 15 is 0 Å². The number of likely N-dealkylation sites (tertiary alicyclic amines) is 1. The van der Waals surface area contributed by atoms with Gasteiger partial charge in [0, 0.05) is 24.2 Å². The largest absolute Gasteiger partial charge is 0.312 e. The van der Waals surface area contributed by atoms with Crippen molar-refractivity contribution in [2.75, 3.05) is 6.54 Å². The minimum Gasteiger partial charge on any atom is -0.312 e. The Kier molecular flexibility index (Phi) is 6.15. The summed E-state index contributed by atoms with van der Waals surface area (Å²) in [5.74, 6) is 0. The van der Waals surface area contributed by atoms with Gasteiger partial charge in [-0.05, 0) is 52.0 Å². The molecule has 4 atom stereocenters. The fourth-order valence-electron chi connectivity index (χ4n) is 4.32. The van der Waals surface area contributed by atoms with Crippen molar-refractivity contribution in [1.29, 1.82) is 0 Å². The zero-order chi connectivity index (χ0) is 13.7. The van der Waals surface area contributed by atoms with Crippen LogP contribution in [0.1, 0.15) is 78.6 Å². The second-order valence-electron chi connectivity index (χ2n) is 6.70. The second-order valence-corrected chi connectivity index (χ2v) is 6.70. The summed E-state index contributed by atoms with van der Waals surface area (Å²) in [6, 6.07) is 3.21. The molecule has 2 aliphatic rings. The summed E-state index contributed by atoms with van der Waals surface area (Å²) in [4.78, 5) is 2.90. The Balaban J connectivity index is 2.07. The lowest BCUT2D eigenvalue weighted by atomic mass is 9.98. The lowest BCUT2D eigenvalue weighted by molar-refractivity contribution is 0.0969. The highest BCUT2D eigenvalue weighted by atomic mass is 15.3. The molecule has 0 spiro atoms. The molecule has 2 fully saturated rings. The molecule has 2 rings (SSSR count). The summed E-state index contributed by atoms with van der Waals surface area (Å²) in [5, 5.41) is 3.86. The Morgan fingerprint density at radius 1 is 1.00 bits per heavy atom. The SMILES string of the molecule is CCCNC1CCCCCC1N1C(C)CCC1CC. The van der Waals surface area contributed by atoms with Gasteiger partial charge in [-0.2, -0.15) is 0 Å². The maximum absolute atomic E-state index is 3.86. The zero-order valence-electron chi connectivity index (χ0n) is 13.3. The van der Waals surface area contributed by atoms with Crippen molar-refractivity contribution in [2.24, 2.45) is 0 Å². The van der Waals surface area contributed by atoms with E-state index in [1.54, 1.807) is 0 Å². The van der Waals surface area contributed by atoms with Crippen molar-refractivity contribution in [1.82, 2.24) is 10.2 Å². The van der Waals surface area contributed by atoms with E-state index in [0.29, 0.717) is 0 Å². The molecular formula is C17H34N2. The average Bonchev–Trinajstić information content (AvgIpc) is 2.65. The van der Waals surface area contributed by atoms with E-state index in [-0.39, 0.29) is 0 Å². The first-order valence-electron chi connectivity index (χ1n) is 8.78. The molecule has 19 heavy (non-hydrogen) atoms. The third-order valence-corrected chi connectivity index (χ3v) is 5.34. The molecule has 2 heteroatoms. The topological polar surface area (TPSA) is 15.3 Å². The lowest BCUT2D eigenvalue weighted by Gasteiger charge is -2.40. The Bertz CT molecular complexity index is 254. The molecule has 1 N–H and O–H groups in total. The third kappa shape index (κ3) is 3.72. The van der Waals surface area contributed by atoms with Crippen LogP contribution in [0.4, 0.5) is 0 Å². The predicted octanol–water partition coefficient (Wildman–Crippen LogP) is 3.95. The quantitative estimate of drug-likeness (QED) is 0.758.